The zero-order valence-corrected chi connectivity index (χ0v) is 19.4. The van der Waals surface area contributed by atoms with Gasteiger partial charge in [0, 0.05) is 13.2 Å². The monoisotopic (exact) mass is 460 g/mol. The first-order valence-electron chi connectivity index (χ1n) is 10.9. The molecule has 0 saturated heterocycles. The van der Waals surface area contributed by atoms with Crippen LogP contribution in [0, 0.1) is 11.8 Å². The molecule has 184 valence electrons. The molecule has 0 radical (unpaired) electrons. The number of hydrogen-bond acceptors (Lipinski definition) is 8. The Balaban J connectivity index is 5.19. The van der Waals surface area contributed by atoms with Crippen molar-refractivity contribution in [3.63, 3.8) is 0 Å². The van der Waals surface area contributed by atoms with Crippen LogP contribution in [0.4, 0.5) is 0 Å². The Hall–Kier alpha value is -2.46. The molecule has 0 aromatic rings. The molecule has 0 amide bonds. The maximum atomic E-state index is 12.3. The van der Waals surface area contributed by atoms with E-state index in [-0.39, 0.29) is 26.4 Å². The molecular formula is C22H36O10. The molecular weight excluding hydrogens is 424 g/mol. The van der Waals surface area contributed by atoms with Crippen molar-refractivity contribution >= 4 is 23.9 Å². The van der Waals surface area contributed by atoms with Crippen LogP contribution in [0.1, 0.15) is 53.4 Å². The summed E-state index contributed by atoms with van der Waals surface area (Å²) >= 11 is 0. The van der Waals surface area contributed by atoms with Crippen LogP contribution in [-0.4, -0.2) is 73.7 Å². The van der Waals surface area contributed by atoms with Crippen molar-refractivity contribution in [1.29, 1.82) is 0 Å². The first kappa shape index (κ1) is 29.5. The van der Waals surface area contributed by atoms with Crippen molar-refractivity contribution in [2.45, 2.75) is 53.4 Å². The van der Waals surface area contributed by atoms with E-state index in [4.69, 9.17) is 18.9 Å². The van der Waals surface area contributed by atoms with Gasteiger partial charge >= 0.3 is 23.9 Å². The van der Waals surface area contributed by atoms with Gasteiger partial charge in [0.1, 0.15) is 13.2 Å². The van der Waals surface area contributed by atoms with Crippen LogP contribution in [0.15, 0.2) is 11.1 Å². The second kappa shape index (κ2) is 17.1. The minimum Gasteiger partial charge on any atom is -0.478 e. The lowest BCUT2D eigenvalue weighted by Gasteiger charge is -2.19. The molecule has 2 atom stereocenters. The van der Waals surface area contributed by atoms with Crippen molar-refractivity contribution < 1.29 is 48.3 Å². The third-order valence-electron chi connectivity index (χ3n) is 4.55. The number of carboxylic acids is 2. The quantitative estimate of drug-likeness (QED) is 0.178. The van der Waals surface area contributed by atoms with E-state index in [1.54, 1.807) is 0 Å². The Morgan fingerprint density at radius 2 is 0.969 bits per heavy atom. The van der Waals surface area contributed by atoms with Crippen LogP contribution in [0.2, 0.25) is 0 Å². The highest BCUT2D eigenvalue weighted by molar-refractivity contribution is 6.05. The fourth-order valence-electron chi connectivity index (χ4n) is 2.65. The normalized spacial score (nSPS) is 13.6. The standard InChI is InChI=1S/C22H36O10/c1-5-7-9-29-11-13-31-21(27)15(3)17(19(23)24)18(20(25)26)16(4)22(28)32-14-12-30-10-8-6-2/h15-16H,5-14H2,1-4H3,(H,23,24)(H,25,26)/b18-17+. The van der Waals surface area contributed by atoms with E-state index < -0.39 is 46.9 Å². The van der Waals surface area contributed by atoms with Gasteiger partial charge in [-0.3, -0.25) is 9.59 Å². The van der Waals surface area contributed by atoms with E-state index in [1.165, 1.54) is 13.8 Å². The third kappa shape index (κ3) is 11.2. The van der Waals surface area contributed by atoms with Crippen molar-refractivity contribution in [2.24, 2.45) is 11.8 Å². The van der Waals surface area contributed by atoms with Gasteiger partial charge in [-0.15, -0.1) is 0 Å². The molecule has 32 heavy (non-hydrogen) atoms. The molecule has 0 spiro atoms. The van der Waals surface area contributed by atoms with Gasteiger partial charge in [-0.05, 0) is 26.7 Å². The van der Waals surface area contributed by atoms with Gasteiger partial charge in [0.25, 0.3) is 0 Å². The molecule has 0 saturated carbocycles. The predicted molar refractivity (Wildman–Crippen MR) is 114 cm³/mol. The molecule has 0 heterocycles. The first-order valence-corrected chi connectivity index (χ1v) is 10.9. The summed E-state index contributed by atoms with van der Waals surface area (Å²) in [5.74, 6) is -7.94. The first-order chi connectivity index (χ1) is 15.2. The second-order valence-corrected chi connectivity index (χ2v) is 7.15. The fourth-order valence-corrected chi connectivity index (χ4v) is 2.65. The summed E-state index contributed by atoms with van der Waals surface area (Å²) in [5, 5.41) is 19.2. The molecule has 0 rings (SSSR count). The lowest BCUT2D eigenvalue weighted by molar-refractivity contribution is -0.152. The van der Waals surface area contributed by atoms with E-state index in [2.05, 4.69) is 0 Å². The topological polar surface area (TPSA) is 146 Å². The molecule has 0 aliphatic heterocycles. The molecule has 0 aromatic heterocycles. The van der Waals surface area contributed by atoms with Gasteiger partial charge in [0.15, 0.2) is 0 Å². The maximum Gasteiger partial charge on any atom is 0.333 e. The van der Waals surface area contributed by atoms with Crippen molar-refractivity contribution in [3.05, 3.63) is 11.1 Å². The average molecular weight is 461 g/mol. The zero-order chi connectivity index (χ0) is 24.5. The van der Waals surface area contributed by atoms with Gasteiger partial charge in [-0.25, -0.2) is 9.59 Å². The Labute approximate surface area is 188 Å². The van der Waals surface area contributed by atoms with Crippen LogP contribution in [0.5, 0.6) is 0 Å². The summed E-state index contributed by atoms with van der Waals surface area (Å²) in [6.07, 6.45) is 3.62. The highest BCUT2D eigenvalue weighted by atomic mass is 16.6. The van der Waals surface area contributed by atoms with E-state index in [0.29, 0.717) is 13.2 Å². The van der Waals surface area contributed by atoms with E-state index in [0.717, 1.165) is 25.7 Å². The number of hydrogen-bond donors (Lipinski definition) is 2. The Bertz CT molecular complexity index is 587. The van der Waals surface area contributed by atoms with Gasteiger partial charge < -0.3 is 29.2 Å². The highest BCUT2D eigenvalue weighted by Gasteiger charge is 2.36. The number of esters is 2. The molecule has 10 heteroatoms. The summed E-state index contributed by atoms with van der Waals surface area (Å²) in [6, 6.07) is 0. The summed E-state index contributed by atoms with van der Waals surface area (Å²) < 4.78 is 20.5. The highest BCUT2D eigenvalue weighted by Crippen LogP contribution is 2.25. The van der Waals surface area contributed by atoms with Gasteiger partial charge in [-0.2, -0.15) is 0 Å². The number of unbranched alkanes of at least 4 members (excludes halogenated alkanes) is 2. The molecule has 0 bridgehead atoms. The molecule has 2 unspecified atom stereocenters. The van der Waals surface area contributed by atoms with Crippen LogP contribution in [0.3, 0.4) is 0 Å². The number of carbonyl (C=O) groups excluding carboxylic acids is 2. The summed E-state index contributed by atoms with van der Waals surface area (Å²) in [6.45, 7) is 7.53. The van der Waals surface area contributed by atoms with Gasteiger partial charge in [-0.1, -0.05) is 26.7 Å². The van der Waals surface area contributed by atoms with E-state index in [9.17, 15) is 29.4 Å². The number of rotatable bonds is 18. The van der Waals surface area contributed by atoms with Crippen molar-refractivity contribution in [2.75, 3.05) is 39.6 Å². The number of carboxylic acid groups (broad SMARTS) is 2. The molecule has 0 aromatic carbocycles. The third-order valence-corrected chi connectivity index (χ3v) is 4.55. The number of carbonyl (C=O) groups is 4. The van der Waals surface area contributed by atoms with Crippen LogP contribution >= 0.6 is 0 Å². The van der Waals surface area contributed by atoms with E-state index in [1.807, 2.05) is 13.8 Å². The Morgan fingerprint density at radius 1 is 0.625 bits per heavy atom. The van der Waals surface area contributed by atoms with Gasteiger partial charge in [0.05, 0.1) is 36.2 Å². The summed E-state index contributed by atoms with van der Waals surface area (Å²) in [7, 11) is 0. The lowest BCUT2D eigenvalue weighted by Crippen LogP contribution is -2.30. The van der Waals surface area contributed by atoms with Crippen LogP contribution in [0.25, 0.3) is 0 Å². The zero-order valence-electron chi connectivity index (χ0n) is 19.4. The molecule has 10 nitrogen and oxygen atoms in total. The summed E-state index contributed by atoms with van der Waals surface area (Å²) in [4.78, 5) is 48.2. The molecule has 0 aliphatic carbocycles. The minimum atomic E-state index is -1.63. The largest absolute Gasteiger partial charge is 0.478 e. The Kier molecular flexibility index (Phi) is 15.8. The van der Waals surface area contributed by atoms with Crippen LogP contribution in [-0.2, 0) is 38.1 Å². The lowest BCUT2D eigenvalue weighted by atomic mass is 9.88. The molecule has 2 N–H and O–H groups in total. The van der Waals surface area contributed by atoms with Gasteiger partial charge in [0.2, 0.25) is 0 Å². The number of ether oxygens (including phenoxy) is 4. The second-order valence-electron chi connectivity index (χ2n) is 7.15. The molecule has 0 fully saturated rings. The fraction of sp³-hybridized carbons (Fsp3) is 0.727. The van der Waals surface area contributed by atoms with Crippen molar-refractivity contribution in [3.8, 4) is 0 Å². The minimum absolute atomic E-state index is 0.0994. The van der Waals surface area contributed by atoms with Crippen molar-refractivity contribution in [1.82, 2.24) is 0 Å². The smallest absolute Gasteiger partial charge is 0.333 e. The SMILES string of the molecule is CCCCOCCOC(=O)C(C)/C(C(=O)O)=C(\C(=O)O)C(C)C(=O)OCCOCCCC. The Morgan fingerprint density at radius 3 is 1.25 bits per heavy atom. The van der Waals surface area contributed by atoms with Crippen LogP contribution < -0.4 is 0 Å². The molecule has 0 aliphatic rings. The van der Waals surface area contributed by atoms with E-state index >= 15 is 0 Å². The summed E-state index contributed by atoms with van der Waals surface area (Å²) in [5.41, 5.74) is -1.45. The average Bonchev–Trinajstić information content (AvgIpc) is 2.74. The maximum absolute atomic E-state index is 12.3. The predicted octanol–water partition coefficient (Wildman–Crippen LogP) is 2.44. The number of aliphatic carboxylic acids is 2.